The van der Waals surface area contributed by atoms with Gasteiger partial charge in [-0.3, -0.25) is 4.99 Å². The van der Waals surface area contributed by atoms with Gasteiger partial charge in [0.05, 0.1) is 5.70 Å². The Morgan fingerprint density at radius 2 is 2.30 bits per heavy atom. The predicted octanol–water partition coefficient (Wildman–Crippen LogP) is 2.48. The van der Waals surface area contributed by atoms with Crippen LogP contribution in [-0.4, -0.2) is 6.72 Å². The second-order valence-electron chi connectivity index (χ2n) is 2.24. The van der Waals surface area contributed by atoms with Crippen LogP contribution in [0.2, 0.25) is 0 Å². The lowest BCUT2D eigenvalue weighted by atomic mass is 10.1. The SMILES string of the molecule is C=NC(=C)C1=CCCC=C1. The van der Waals surface area contributed by atoms with Crippen molar-refractivity contribution in [1.82, 2.24) is 0 Å². The van der Waals surface area contributed by atoms with Gasteiger partial charge in [-0.1, -0.05) is 24.8 Å². The fraction of sp³-hybridized carbons (Fsp3) is 0.222. The van der Waals surface area contributed by atoms with Crippen LogP contribution in [0.15, 0.2) is 41.1 Å². The van der Waals surface area contributed by atoms with Crippen molar-refractivity contribution in [3.63, 3.8) is 0 Å². The van der Waals surface area contributed by atoms with Crippen LogP contribution >= 0.6 is 0 Å². The molecule has 1 rings (SSSR count). The third-order valence-electron chi connectivity index (χ3n) is 1.52. The smallest absolute Gasteiger partial charge is 0.0619 e. The highest BCUT2D eigenvalue weighted by molar-refractivity contribution is 5.43. The third kappa shape index (κ3) is 1.44. The quantitative estimate of drug-likeness (QED) is 0.513. The maximum Gasteiger partial charge on any atom is 0.0619 e. The van der Waals surface area contributed by atoms with Crippen molar-refractivity contribution in [2.45, 2.75) is 12.8 Å². The van der Waals surface area contributed by atoms with Crippen molar-refractivity contribution >= 4 is 6.72 Å². The monoisotopic (exact) mass is 133 g/mol. The van der Waals surface area contributed by atoms with Gasteiger partial charge in [0, 0.05) is 0 Å². The molecule has 0 aliphatic heterocycles. The molecule has 0 spiro atoms. The van der Waals surface area contributed by atoms with Crippen LogP contribution in [0.25, 0.3) is 0 Å². The van der Waals surface area contributed by atoms with Crippen molar-refractivity contribution in [3.8, 4) is 0 Å². The molecule has 0 atom stereocenters. The van der Waals surface area contributed by atoms with Crippen LogP contribution in [-0.2, 0) is 0 Å². The summed E-state index contributed by atoms with van der Waals surface area (Å²) >= 11 is 0. The minimum atomic E-state index is 0.774. The first-order valence-electron chi connectivity index (χ1n) is 3.37. The summed E-state index contributed by atoms with van der Waals surface area (Å²) in [5.41, 5.74) is 1.89. The van der Waals surface area contributed by atoms with Gasteiger partial charge >= 0.3 is 0 Å². The van der Waals surface area contributed by atoms with Crippen LogP contribution in [0.3, 0.4) is 0 Å². The molecule has 10 heavy (non-hydrogen) atoms. The van der Waals surface area contributed by atoms with Gasteiger partial charge in [0.15, 0.2) is 0 Å². The number of rotatable bonds is 2. The fourth-order valence-corrected chi connectivity index (χ4v) is 0.919. The second-order valence-corrected chi connectivity index (χ2v) is 2.24. The van der Waals surface area contributed by atoms with E-state index in [0.29, 0.717) is 0 Å². The van der Waals surface area contributed by atoms with Gasteiger partial charge in [0.2, 0.25) is 0 Å². The average Bonchev–Trinajstić information content (AvgIpc) is 2.05. The largest absolute Gasteiger partial charge is 0.265 e. The van der Waals surface area contributed by atoms with E-state index in [-0.39, 0.29) is 0 Å². The molecule has 0 unspecified atom stereocenters. The van der Waals surface area contributed by atoms with Crippen molar-refractivity contribution in [1.29, 1.82) is 0 Å². The summed E-state index contributed by atoms with van der Waals surface area (Å²) in [6.45, 7) is 7.16. The van der Waals surface area contributed by atoms with Gasteiger partial charge in [-0.2, -0.15) is 0 Å². The van der Waals surface area contributed by atoms with Crippen molar-refractivity contribution in [3.05, 3.63) is 36.1 Å². The van der Waals surface area contributed by atoms with Crippen molar-refractivity contribution in [2.75, 3.05) is 0 Å². The first-order valence-corrected chi connectivity index (χ1v) is 3.37. The molecule has 1 heteroatoms. The van der Waals surface area contributed by atoms with E-state index in [1.54, 1.807) is 0 Å². The minimum Gasteiger partial charge on any atom is -0.265 e. The normalized spacial score (nSPS) is 16.2. The van der Waals surface area contributed by atoms with E-state index >= 15 is 0 Å². The molecule has 0 fully saturated rings. The summed E-state index contributed by atoms with van der Waals surface area (Å²) in [5.74, 6) is 0. The molecule has 0 aromatic heterocycles. The molecule has 0 aromatic carbocycles. The molecular formula is C9H11N. The second kappa shape index (κ2) is 3.16. The summed E-state index contributed by atoms with van der Waals surface area (Å²) in [5, 5.41) is 0. The Kier molecular flexibility index (Phi) is 2.21. The van der Waals surface area contributed by atoms with Crippen LogP contribution in [0.4, 0.5) is 0 Å². The van der Waals surface area contributed by atoms with Crippen molar-refractivity contribution < 1.29 is 0 Å². The highest BCUT2D eigenvalue weighted by Gasteiger charge is 1.97. The molecule has 0 aromatic rings. The van der Waals surface area contributed by atoms with E-state index in [0.717, 1.165) is 24.1 Å². The first kappa shape index (κ1) is 7.00. The Labute approximate surface area is 61.5 Å². The average molecular weight is 133 g/mol. The minimum absolute atomic E-state index is 0.774. The molecule has 0 heterocycles. The Balaban J connectivity index is 2.72. The topological polar surface area (TPSA) is 12.4 Å². The van der Waals surface area contributed by atoms with E-state index in [4.69, 9.17) is 0 Å². The fourth-order valence-electron chi connectivity index (χ4n) is 0.919. The molecule has 0 bridgehead atoms. The van der Waals surface area contributed by atoms with Crippen LogP contribution in [0, 0.1) is 0 Å². The zero-order valence-electron chi connectivity index (χ0n) is 6.01. The summed E-state index contributed by atoms with van der Waals surface area (Å²) in [6, 6.07) is 0. The Morgan fingerprint density at radius 1 is 1.50 bits per heavy atom. The number of hydrogen-bond donors (Lipinski definition) is 0. The molecule has 0 N–H and O–H groups in total. The molecule has 1 aliphatic rings. The van der Waals surface area contributed by atoms with E-state index < -0.39 is 0 Å². The molecule has 52 valence electrons. The first-order chi connectivity index (χ1) is 4.84. The molecule has 1 nitrogen and oxygen atoms in total. The van der Waals surface area contributed by atoms with E-state index in [1.807, 2.05) is 6.08 Å². The third-order valence-corrected chi connectivity index (χ3v) is 1.52. The molecule has 0 saturated carbocycles. The van der Waals surface area contributed by atoms with E-state index in [9.17, 15) is 0 Å². The zero-order chi connectivity index (χ0) is 7.40. The standard InChI is InChI=1S/C9H11N/c1-8(10-2)9-6-4-3-5-7-9/h4,6-7H,1-3,5H2. The Hall–Kier alpha value is -1.11. The lowest BCUT2D eigenvalue weighted by Crippen LogP contribution is -1.85. The maximum atomic E-state index is 3.75. The van der Waals surface area contributed by atoms with Gasteiger partial charge in [-0.25, -0.2) is 0 Å². The van der Waals surface area contributed by atoms with Gasteiger partial charge < -0.3 is 0 Å². The van der Waals surface area contributed by atoms with E-state index in [1.165, 1.54) is 0 Å². The number of nitrogens with zero attached hydrogens (tertiary/aromatic N) is 1. The maximum absolute atomic E-state index is 3.75. The van der Waals surface area contributed by atoms with Gasteiger partial charge in [0.25, 0.3) is 0 Å². The number of hydrogen-bond acceptors (Lipinski definition) is 1. The van der Waals surface area contributed by atoms with E-state index in [2.05, 4.69) is 30.4 Å². The Morgan fingerprint density at radius 3 is 2.80 bits per heavy atom. The molecule has 0 radical (unpaired) electrons. The van der Waals surface area contributed by atoms with Gasteiger partial charge in [0.1, 0.15) is 0 Å². The lowest BCUT2D eigenvalue weighted by molar-refractivity contribution is 1.02. The van der Waals surface area contributed by atoms with Crippen molar-refractivity contribution in [2.24, 2.45) is 4.99 Å². The highest BCUT2D eigenvalue weighted by Crippen LogP contribution is 2.16. The zero-order valence-corrected chi connectivity index (χ0v) is 6.01. The van der Waals surface area contributed by atoms with Gasteiger partial charge in [-0.05, 0) is 25.1 Å². The van der Waals surface area contributed by atoms with Gasteiger partial charge in [-0.15, -0.1) is 0 Å². The lowest BCUT2D eigenvalue weighted by Gasteiger charge is -2.04. The summed E-state index contributed by atoms with van der Waals surface area (Å²) in [7, 11) is 0. The summed E-state index contributed by atoms with van der Waals surface area (Å²) in [6.07, 6.45) is 8.54. The molecule has 1 aliphatic carbocycles. The van der Waals surface area contributed by atoms with Crippen LogP contribution in [0.5, 0.6) is 0 Å². The molecular weight excluding hydrogens is 122 g/mol. The van der Waals surface area contributed by atoms with Crippen LogP contribution in [0.1, 0.15) is 12.8 Å². The summed E-state index contributed by atoms with van der Waals surface area (Å²) < 4.78 is 0. The predicted molar refractivity (Wildman–Crippen MR) is 45.1 cm³/mol. The highest BCUT2D eigenvalue weighted by atomic mass is 14.7. The number of aliphatic imine (C=N–C) groups is 1. The van der Waals surface area contributed by atoms with Crippen LogP contribution < -0.4 is 0 Å². The molecule has 0 amide bonds. The number of allylic oxidation sites excluding steroid dienone is 3. The Bertz CT molecular complexity index is 209. The molecule has 0 saturated heterocycles. The summed E-state index contributed by atoms with van der Waals surface area (Å²) in [4.78, 5) is 3.75.